The molecule has 2 N–H and O–H groups in total. The SMILES string of the molecule is COc1ccc2c(c1)C(CC(=O)c1ccc(C(=O)NCCO)cc1)=NC(C)(C)C2. The van der Waals surface area contributed by atoms with Crippen LogP contribution in [0.1, 0.15) is 52.1 Å². The van der Waals surface area contributed by atoms with Gasteiger partial charge in [-0.2, -0.15) is 0 Å². The van der Waals surface area contributed by atoms with E-state index >= 15 is 0 Å². The van der Waals surface area contributed by atoms with Crippen molar-refractivity contribution in [2.24, 2.45) is 4.99 Å². The highest BCUT2D eigenvalue weighted by Crippen LogP contribution is 2.31. The third kappa shape index (κ3) is 4.90. The molecular weight excluding hydrogens is 368 g/mol. The number of fused-ring (bicyclic) bond motifs is 1. The molecule has 2 aromatic rings. The number of rotatable bonds is 7. The quantitative estimate of drug-likeness (QED) is 0.707. The number of amides is 1. The Kier molecular flexibility index (Phi) is 6.13. The maximum Gasteiger partial charge on any atom is 0.251 e. The molecule has 0 spiro atoms. The first-order chi connectivity index (χ1) is 13.8. The molecule has 3 rings (SSSR count). The van der Waals surface area contributed by atoms with Gasteiger partial charge in [0, 0.05) is 23.2 Å². The maximum absolute atomic E-state index is 12.9. The van der Waals surface area contributed by atoms with Crippen LogP contribution in [0.5, 0.6) is 5.75 Å². The van der Waals surface area contributed by atoms with Crippen LogP contribution in [0.2, 0.25) is 0 Å². The van der Waals surface area contributed by atoms with Crippen LogP contribution >= 0.6 is 0 Å². The number of Topliss-reactive ketones (excluding diaryl/α,β-unsaturated/α-hetero) is 1. The van der Waals surface area contributed by atoms with Gasteiger partial charge in [0.1, 0.15) is 5.75 Å². The van der Waals surface area contributed by atoms with Crippen LogP contribution in [0.15, 0.2) is 47.5 Å². The van der Waals surface area contributed by atoms with Crippen LogP contribution in [0.4, 0.5) is 0 Å². The molecule has 1 heterocycles. The molecule has 1 amide bonds. The van der Waals surface area contributed by atoms with Crippen molar-refractivity contribution in [3.8, 4) is 5.75 Å². The van der Waals surface area contributed by atoms with Crippen LogP contribution < -0.4 is 10.1 Å². The fourth-order valence-corrected chi connectivity index (χ4v) is 3.50. The second-order valence-corrected chi connectivity index (χ2v) is 7.73. The van der Waals surface area contributed by atoms with E-state index in [4.69, 9.17) is 14.8 Å². The van der Waals surface area contributed by atoms with Crippen LogP contribution in [0, 0.1) is 0 Å². The minimum absolute atomic E-state index is 0.0578. The summed E-state index contributed by atoms with van der Waals surface area (Å²) < 4.78 is 5.34. The molecule has 0 fully saturated rings. The Morgan fingerprint density at radius 1 is 1.14 bits per heavy atom. The Balaban J connectivity index is 1.81. The Bertz CT molecular complexity index is 946. The predicted octanol–water partition coefficient (Wildman–Crippen LogP) is 2.81. The first-order valence-electron chi connectivity index (χ1n) is 9.61. The lowest BCUT2D eigenvalue weighted by Gasteiger charge is -2.29. The maximum atomic E-state index is 12.9. The molecule has 0 bridgehead atoms. The van der Waals surface area contributed by atoms with Gasteiger partial charge in [-0.05, 0) is 50.1 Å². The van der Waals surface area contributed by atoms with E-state index in [0.717, 1.165) is 29.0 Å². The summed E-state index contributed by atoms with van der Waals surface area (Å²) in [6, 6.07) is 12.4. The summed E-state index contributed by atoms with van der Waals surface area (Å²) in [6.45, 7) is 4.19. The monoisotopic (exact) mass is 394 g/mol. The zero-order valence-electron chi connectivity index (χ0n) is 17.0. The van der Waals surface area contributed by atoms with Gasteiger partial charge in [0.25, 0.3) is 5.91 Å². The second-order valence-electron chi connectivity index (χ2n) is 7.73. The zero-order valence-corrected chi connectivity index (χ0v) is 17.0. The Morgan fingerprint density at radius 2 is 1.83 bits per heavy atom. The van der Waals surface area contributed by atoms with Gasteiger partial charge in [-0.1, -0.05) is 18.2 Å². The summed E-state index contributed by atoms with van der Waals surface area (Å²) in [5.41, 5.74) is 3.57. The average molecular weight is 394 g/mol. The second kappa shape index (κ2) is 8.57. The molecule has 6 heteroatoms. The fourth-order valence-electron chi connectivity index (χ4n) is 3.50. The lowest BCUT2D eigenvalue weighted by molar-refractivity contribution is 0.0942. The number of hydrogen-bond acceptors (Lipinski definition) is 5. The van der Waals surface area contributed by atoms with E-state index in [1.165, 1.54) is 0 Å². The van der Waals surface area contributed by atoms with Gasteiger partial charge in [-0.3, -0.25) is 14.6 Å². The predicted molar refractivity (Wildman–Crippen MR) is 112 cm³/mol. The molecule has 0 saturated heterocycles. The van der Waals surface area contributed by atoms with Crippen molar-refractivity contribution < 1.29 is 19.4 Å². The number of ether oxygens (including phenoxy) is 1. The summed E-state index contributed by atoms with van der Waals surface area (Å²) >= 11 is 0. The minimum Gasteiger partial charge on any atom is -0.497 e. The number of nitrogens with one attached hydrogen (secondary N) is 1. The van der Waals surface area contributed by atoms with Gasteiger partial charge >= 0.3 is 0 Å². The third-order valence-corrected chi connectivity index (χ3v) is 4.88. The molecule has 1 aliphatic rings. The molecule has 152 valence electrons. The molecule has 6 nitrogen and oxygen atoms in total. The lowest BCUT2D eigenvalue weighted by Crippen LogP contribution is -2.30. The third-order valence-electron chi connectivity index (χ3n) is 4.88. The Morgan fingerprint density at radius 3 is 2.48 bits per heavy atom. The van der Waals surface area contributed by atoms with E-state index in [2.05, 4.69) is 19.2 Å². The topological polar surface area (TPSA) is 88.0 Å². The molecule has 29 heavy (non-hydrogen) atoms. The first-order valence-corrected chi connectivity index (χ1v) is 9.61. The fraction of sp³-hybridized carbons (Fsp3) is 0.348. The minimum atomic E-state index is -0.280. The number of nitrogens with zero attached hydrogens (tertiary/aromatic N) is 1. The molecule has 0 aliphatic carbocycles. The van der Waals surface area contributed by atoms with Gasteiger partial charge in [-0.15, -0.1) is 0 Å². The Labute approximate surface area is 170 Å². The standard InChI is InChI=1S/C23H26N2O4/c1-23(2)14-17-8-9-18(29-3)12-19(17)20(25-23)13-21(27)15-4-6-16(7-5-15)22(28)24-10-11-26/h4-9,12,26H,10-11,13-14H2,1-3H3,(H,24,28). The van der Waals surface area contributed by atoms with E-state index in [1.54, 1.807) is 31.4 Å². The van der Waals surface area contributed by atoms with E-state index in [1.807, 2.05) is 18.2 Å². The van der Waals surface area contributed by atoms with Crippen molar-refractivity contribution in [2.45, 2.75) is 32.2 Å². The number of carbonyl (C=O) groups is 2. The first kappa shape index (κ1) is 20.7. The Hall–Kier alpha value is -2.99. The number of methoxy groups -OCH3 is 1. The molecular formula is C23H26N2O4. The van der Waals surface area contributed by atoms with E-state index in [0.29, 0.717) is 11.1 Å². The summed E-state index contributed by atoms with van der Waals surface area (Å²) in [5.74, 6) is 0.400. The number of aliphatic hydroxyl groups is 1. The van der Waals surface area contributed by atoms with Crippen molar-refractivity contribution in [1.29, 1.82) is 0 Å². The summed E-state index contributed by atoms with van der Waals surface area (Å²) in [7, 11) is 1.62. The zero-order chi connectivity index (χ0) is 21.0. The number of hydrogen-bond donors (Lipinski definition) is 2. The van der Waals surface area contributed by atoms with Gasteiger partial charge in [0.05, 0.1) is 31.4 Å². The molecule has 0 unspecified atom stereocenters. The van der Waals surface area contributed by atoms with Crippen LogP contribution in [-0.2, 0) is 6.42 Å². The van der Waals surface area contributed by atoms with Crippen LogP contribution in [0.3, 0.4) is 0 Å². The lowest BCUT2D eigenvalue weighted by atomic mass is 9.85. The van der Waals surface area contributed by atoms with Crippen molar-refractivity contribution in [3.05, 3.63) is 64.7 Å². The van der Waals surface area contributed by atoms with E-state index < -0.39 is 0 Å². The number of aliphatic hydroxyl groups excluding tert-OH is 1. The summed E-state index contributed by atoms with van der Waals surface area (Å²) in [4.78, 5) is 29.7. The summed E-state index contributed by atoms with van der Waals surface area (Å²) in [6.07, 6.45) is 0.987. The number of carbonyl (C=O) groups excluding carboxylic acids is 2. The van der Waals surface area contributed by atoms with Gasteiger partial charge in [0.2, 0.25) is 0 Å². The smallest absolute Gasteiger partial charge is 0.251 e. The van der Waals surface area contributed by atoms with Gasteiger partial charge in [0.15, 0.2) is 5.78 Å². The van der Waals surface area contributed by atoms with Crippen molar-refractivity contribution in [3.63, 3.8) is 0 Å². The highest BCUT2D eigenvalue weighted by Gasteiger charge is 2.28. The average Bonchev–Trinajstić information content (AvgIpc) is 2.71. The molecule has 1 aliphatic heterocycles. The number of ketones is 1. The number of benzene rings is 2. The highest BCUT2D eigenvalue weighted by atomic mass is 16.5. The number of aliphatic imine (C=N–C) groups is 1. The largest absolute Gasteiger partial charge is 0.497 e. The van der Waals surface area contributed by atoms with E-state index in [-0.39, 0.29) is 36.8 Å². The molecule has 0 atom stereocenters. The van der Waals surface area contributed by atoms with Crippen LogP contribution in [0.25, 0.3) is 0 Å². The summed E-state index contributed by atoms with van der Waals surface area (Å²) in [5, 5.41) is 11.4. The molecule has 0 radical (unpaired) electrons. The van der Waals surface area contributed by atoms with Crippen molar-refractivity contribution in [2.75, 3.05) is 20.3 Å². The highest BCUT2D eigenvalue weighted by molar-refractivity contribution is 6.17. The van der Waals surface area contributed by atoms with Gasteiger partial charge < -0.3 is 15.2 Å². The normalized spacial score (nSPS) is 14.6. The molecule has 2 aromatic carbocycles. The van der Waals surface area contributed by atoms with Crippen LogP contribution in [-0.4, -0.2) is 48.3 Å². The van der Waals surface area contributed by atoms with Crippen molar-refractivity contribution in [1.82, 2.24) is 5.32 Å². The van der Waals surface area contributed by atoms with Gasteiger partial charge in [-0.25, -0.2) is 0 Å². The van der Waals surface area contributed by atoms with E-state index in [9.17, 15) is 9.59 Å². The molecule has 0 saturated carbocycles. The van der Waals surface area contributed by atoms with Crippen molar-refractivity contribution >= 4 is 17.4 Å². The molecule has 0 aromatic heterocycles.